The molecule has 0 atom stereocenters. The summed E-state index contributed by atoms with van der Waals surface area (Å²) in [5.74, 6) is 0.0482. The van der Waals surface area contributed by atoms with Crippen LogP contribution in [0.15, 0.2) is 65.6 Å². The minimum Gasteiger partial charge on any atom is -0.484 e. The Labute approximate surface area is 191 Å². The Morgan fingerprint density at radius 1 is 0.871 bits per heavy atom. The second-order valence-corrected chi connectivity index (χ2v) is 9.42. The van der Waals surface area contributed by atoms with Gasteiger partial charge in [-0.1, -0.05) is 29.3 Å². The fraction of sp³-hybridized carbons (Fsp3) is 0.136. The molecule has 162 valence electrons. The predicted molar refractivity (Wildman–Crippen MR) is 124 cm³/mol. The highest BCUT2D eigenvalue weighted by atomic mass is 35.5. The fourth-order valence-electron chi connectivity index (χ4n) is 2.88. The molecule has 0 aliphatic rings. The molecule has 3 aromatic rings. The van der Waals surface area contributed by atoms with E-state index in [1.807, 2.05) is 32.0 Å². The third-order valence-electron chi connectivity index (χ3n) is 4.18. The number of rotatable bonds is 7. The molecule has 31 heavy (non-hydrogen) atoms. The zero-order valence-corrected chi connectivity index (χ0v) is 19.1. The highest BCUT2D eigenvalue weighted by molar-refractivity contribution is 7.92. The average Bonchev–Trinajstić information content (AvgIpc) is 2.68. The number of carbonyl (C=O) groups excluding carboxylic acids is 1. The van der Waals surface area contributed by atoms with Crippen LogP contribution in [0.4, 0.5) is 11.4 Å². The van der Waals surface area contributed by atoms with Crippen molar-refractivity contribution in [3.63, 3.8) is 0 Å². The molecule has 0 unspecified atom stereocenters. The summed E-state index contributed by atoms with van der Waals surface area (Å²) < 4.78 is 33.0. The molecule has 3 rings (SSSR count). The van der Waals surface area contributed by atoms with Crippen molar-refractivity contribution in [1.29, 1.82) is 0 Å². The first-order chi connectivity index (χ1) is 14.6. The van der Waals surface area contributed by atoms with Gasteiger partial charge in [0.2, 0.25) is 0 Å². The lowest BCUT2D eigenvalue weighted by atomic mass is 10.1. The molecule has 3 aromatic carbocycles. The SMILES string of the molecule is Cc1cc(C)cc(NC(=O)COc2ccc(S(=O)(=O)Nc3ccc(Cl)c(Cl)c3)cc2)c1. The second kappa shape index (κ2) is 9.60. The molecular weight excluding hydrogens is 459 g/mol. The van der Waals surface area contributed by atoms with Gasteiger partial charge in [-0.05, 0) is 79.6 Å². The van der Waals surface area contributed by atoms with Crippen LogP contribution in [-0.2, 0) is 14.8 Å². The van der Waals surface area contributed by atoms with Crippen LogP contribution < -0.4 is 14.8 Å². The maximum absolute atomic E-state index is 12.5. The van der Waals surface area contributed by atoms with E-state index in [-0.39, 0.29) is 28.1 Å². The van der Waals surface area contributed by atoms with E-state index in [0.717, 1.165) is 11.1 Å². The van der Waals surface area contributed by atoms with E-state index in [0.29, 0.717) is 16.5 Å². The van der Waals surface area contributed by atoms with Gasteiger partial charge in [0.25, 0.3) is 15.9 Å². The van der Waals surface area contributed by atoms with E-state index < -0.39 is 10.0 Å². The Kier molecular flexibility index (Phi) is 7.10. The molecule has 9 heteroatoms. The smallest absolute Gasteiger partial charge is 0.262 e. The van der Waals surface area contributed by atoms with Gasteiger partial charge < -0.3 is 10.1 Å². The molecule has 0 heterocycles. The van der Waals surface area contributed by atoms with Crippen LogP contribution in [0, 0.1) is 13.8 Å². The van der Waals surface area contributed by atoms with Crippen LogP contribution in [0.25, 0.3) is 0 Å². The van der Waals surface area contributed by atoms with Gasteiger partial charge in [0.05, 0.1) is 20.6 Å². The Hall–Kier alpha value is -2.74. The van der Waals surface area contributed by atoms with Crippen LogP contribution >= 0.6 is 23.2 Å². The normalized spacial score (nSPS) is 11.1. The average molecular weight is 479 g/mol. The van der Waals surface area contributed by atoms with E-state index in [9.17, 15) is 13.2 Å². The van der Waals surface area contributed by atoms with E-state index in [1.165, 1.54) is 42.5 Å². The monoisotopic (exact) mass is 478 g/mol. The number of benzene rings is 3. The third kappa shape index (κ3) is 6.37. The van der Waals surface area contributed by atoms with E-state index in [4.69, 9.17) is 27.9 Å². The summed E-state index contributed by atoms with van der Waals surface area (Å²) in [6.45, 7) is 3.69. The van der Waals surface area contributed by atoms with Gasteiger partial charge in [0.15, 0.2) is 6.61 Å². The molecular formula is C22H20Cl2N2O4S. The van der Waals surface area contributed by atoms with Gasteiger partial charge in [-0.3, -0.25) is 9.52 Å². The van der Waals surface area contributed by atoms with Crippen molar-refractivity contribution < 1.29 is 17.9 Å². The van der Waals surface area contributed by atoms with Crippen molar-refractivity contribution in [3.05, 3.63) is 81.8 Å². The Balaban J connectivity index is 1.60. The fourth-order valence-corrected chi connectivity index (χ4v) is 4.23. The number of sulfonamides is 1. The summed E-state index contributed by atoms with van der Waals surface area (Å²) in [4.78, 5) is 12.2. The Bertz CT molecular complexity index is 1190. The van der Waals surface area contributed by atoms with Crippen LogP contribution in [0.3, 0.4) is 0 Å². The number of hydrogen-bond donors (Lipinski definition) is 2. The molecule has 0 saturated carbocycles. The maximum atomic E-state index is 12.5. The standard InChI is InChI=1S/C22H20Cl2N2O4S/c1-14-9-15(2)11-17(10-14)25-22(27)13-30-18-4-6-19(7-5-18)31(28,29)26-16-3-8-20(23)21(24)12-16/h3-12,26H,13H2,1-2H3,(H,25,27). The van der Waals surface area contributed by atoms with Crippen molar-refractivity contribution >= 4 is 50.5 Å². The maximum Gasteiger partial charge on any atom is 0.262 e. The summed E-state index contributed by atoms with van der Waals surface area (Å²) in [6, 6.07) is 15.9. The van der Waals surface area contributed by atoms with Gasteiger partial charge in [0.1, 0.15) is 5.75 Å². The van der Waals surface area contributed by atoms with Crippen molar-refractivity contribution in [2.45, 2.75) is 18.7 Å². The highest BCUT2D eigenvalue weighted by Gasteiger charge is 2.15. The second-order valence-electron chi connectivity index (χ2n) is 6.92. The molecule has 6 nitrogen and oxygen atoms in total. The number of ether oxygens (including phenoxy) is 1. The Morgan fingerprint density at radius 3 is 2.13 bits per heavy atom. The minimum atomic E-state index is -3.83. The van der Waals surface area contributed by atoms with E-state index in [1.54, 1.807) is 0 Å². The number of halogens is 2. The Morgan fingerprint density at radius 2 is 1.52 bits per heavy atom. The highest BCUT2D eigenvalue weighted by Crippen LogP contribution is 2.27. The van der Waals surface area contributed by atoms with Gasteiger partial charge in [-0.2, -0.15) is 0 Å². The quantitative estimate of drug-likeness (QED) is 0.474. The first-order valence-corrected chi connectivity index (χ1v) is 11.5. The number of aryl methyl sites for hydroxylation is 2. The van der Waals surface area contributed by atoms with E-state index in [2.05, 4.69) is 10.0 Å². The van der Waals surface area contributed by atoms with E-state index >= 15 is 0 Å². The van der Waals surface area contributed by atoms with Crippen molar-refractivity contribution in [2.75, 3.05) is 16.6 Å². The zero-order chi connectivity index (χ0) is 22.6. The number of anilines is 2. The predicted octanol–water partition coefficient (Wildman–Crippen LogP) is 5.43. The van der Waals surface area contributed by atoms with Gasteiger partial charge in [0, 0.05) is 5.69 Å². The summed E-state index contributed by atoms with van der Waals surface area (Å²) in [6.07, 6.45) is 0. The lowest BCUT2D eigenvalue weighted by Gasteiger charge is -2.11. The molecule has 0 aliphatic carbocycles. The number of hydrogen-bond acceptors (Lipinski definition) is 4. The molecule has 0 saturated heterocycles. The lowest BCUT2D eigenvalue weighted by Crippen LogP contribution is -2.20. The van der Waals surface area contributed by atoms with Gasteiger partial charge in [-0.25, -0.2) is 8.42 Å². The summed E-state index contributed by atoms with van der Waals surface area (Å²) in [5.41, 5.74) is 3.07. The largest absolute Gasteiger partial charge is 0.484 e. The van der Waals surface area contributed by atoms with Crippen LogP contribution in [-0.4, -0.2) is 20.9 Å². The van der Waals surface area contributed by atoms with Crippen LogP contribution in [0.1, 0.15) is 11.1 Å². The summed E-state index contributed by atoms with van der Waals surface area (Å²) in [7, 11) is -3.83. The minimum absolute atomic E-state index is 0.0330. The van der Waals surface area contributed by atoms with Crippen molar-refractivity contribution in [3.8, 4) is 5.75 Å². The first kappa shape index (κ1) is 22.9. The molecule has 0 aliphatic heterocycles. The molecule has 0 bridgehead atoms. The van der Waals surface area contributed by atoms with Crippen molar-refractivity contribution in [2.24, 2.45) is 0 Å². The molecule has 1 amide bonds. The summed E-state index contributed by atoms with van der Waals surface area (Å²) in [5, 5.41) is 3.34. The first-order valence-electron chi connectivity index (χ1n) is 9.21. The molecule has 0 fully saturated rings. The van der Waals surface area contributed by atoms with Gasteiger partial charge >= 0.3 is 0 Å². The molecule has 0 spiro atoms. The van der Waals surface area contributed by atoms with Crippen LogP contribution in [0.5, 0.6) is 5.75 Å². The third-order valence-corrected chi connectivity index (χ3v) is 6.32. The topological polar surface area (TPSA) is 84.5 Å². The van der Waals surface area contributed by atoms with Crippen LogP contribution in [0.2, 0.25) is 10.0 Å². The summed E-state index contributed by atoms with van der Waals surface area (Å²) >= 11 is 11.8. The number of carbonyl (C=O) groups is 1. The number of nitrogens with one attached hydrogen (secondary N) is 2. The number of amides is 1. The molecule has 2 N–H and O–H groups in total. The molecule has 0 aromatic heterocycles. The zero-order valence-electron chi connectivity index (χ0n) is 16.8. The van der Waals surface area contributed by atoms with Crippen molar-refractivity contribution in [1.82, 2.24) is 0 Å². The lowest BCUT2D eigenvalue weighted by molar-refractivity contribution is -0.118. The molecule has 0 radical (unpaired) electrons. The van der Waals surface area contributed by atoms with Gasteiger partial charge in [-0.15, -0.1) is 0 Å².